The number of carbonyl (C=O) groups excluding carboxylic acids is 1. The average Bonchev–Trinajstić information content (AvgIpc) is 2.89. The summed E-state index contributed by atoms with van der Waals surface area (Å²) < 4.78 is 1.69. The summed E-state index contributed by atoms with van der Waals surface area (Å²) in [6, 6.07) is 1.60. The second-order valence-electron chi connectivity index (χ2n) is 6.32. The van der Waals surface area contributed by atoms with E-state index in [1.54, 1.807) is 27.8 Å². The van der Waals surface area contributed by atoms with E-state index in [9.17, 15) is 14.7 Å². The van der Waals surface area contributed by atoms with Crippen molar-refractivity contribution in [2.75, 3.05) is 13.1 Å². The van der Waals surface area contributed by atoms with Gasteiger partial charge in [-0.15, -0.1) is 0 Å². The molecule has 0 radical (unpaired) electrons. The number of imidazole rings is 1. The number of aromatic nitrogens is 2. The third-order valence-electron chi connectivity index (χ3n) is 4.22. The Balaban J connectivity index is 1.77. The first-order valence-electron chi connectivity index (χ1n) is 7.66. The maximum Gasteiger partial charge on any atom is 0.308 e. The zero-order valence-corrected chi connectivity index (χ0v) is 14.6. The van der Waals surface area contributed by atoms with Crippen LogP contribution in [0, 0.1) is 11.8 Å². The van der Waals surface area contributed by atoms with Crippen LogP contribution in [-0.4, -0.2) is 44.4 Å². The molecule has 0 spiro atoms. The van der Waals surface area contributed by atoms with Crippen LogP contribution in [0.25, 0.3) is 5.65 Å². The van der Waals surface area contributed by atoms with Gasteiger partial charge in [-0.25, -0.2) is 4.98 Å². The molecule has 2 aromatic heterocycles. The van der Waals surface area contributed by atoms with Gasteiger partial charge in [0.25, 0.3) is 0 Å². The highest BCUT2D eigenvalue weighted by Crippen LogP contribution is 2.24. The summed E-state index contributed by atoms with van der Waals surface area (Å²) in [7, 11) is 0. The van der Waals surface area contributed by atoms with Gasteiger partial charge in [-0.1, -0.05) is 30.1 Å². The molecule has 128 valence electrons. The number of likely N-dealkylation sites (tertiary alicyclic amines) is 1. The van der Waals surface area contributed by atoms with Crippen LogP contribution in [0.2, 0.25) is 10.0 Å². The van der Waals surface area contributed by atoms with Crippen molar-refractivity contribution >= 4 is 40.7 Å². The van der Waals surface area contributed by atoms with Crippen molar-refractivity contribution in [3.05, 3.63) is 34.2 Å². The monoisotopic (exact) mass is 369 g/mol. The van der Waals surface area contributed by atoms with Crippen molar-refractivity contribution in [2.24, 2.45) is 11.8 Å². The molecule has 24 heavy (non-hydrogen) atoms. The van der Waals surface area contributed by atoms with E-state index in [-0.39, 0.29) is 24.8 Å². The summed E-state index contributed by atoms with van der Waals surface area (Å²) in [6.45, 7) is 2.78. The van der Waals surface area contributed by atoms with Crippen LogP contribution >= 0.6 is 23.2 Å². The van der Waals surface area contributed by atoms with Crippen LogP contribution in [0.4, 0.5) is 0 Å². The molecule has 1 N–H and O–H groups in total. The number of carboxylic acid groups (broad SMARTS) is 1. The van der Waals surface area contributed by atoms with E-state index >= 15 is 0 Å². The van der Waals surface area contributed by atoms with E-state index in [2.05, 4.69) is 4.98 Å². The molecule has 1 fully saturated rings. The normalized spacial score (nSPS) is 21.2. The molecule has 1 aliphatic rings. The van der Waals surface area contributed by atoms with Gasteiger partial charge >= 0.3 is 5.97 Å². The first-order chi connectivity index (χ1) is 11.3. The first kappa shape index (κ1) is 17.0. The maximum absolute atomic E-state index is 12.5. The lowest BCUT2D eigenvalue weighted by molar-refractivity contribution is -0.146. The smallest absolute Gasteiger partial charge is 0.308 e. The number of carboxylic acids is 1. The summed E-state index contributed by atoms with van der Waals surface area (Å²) in [5, 5.41) is 10.1. The summed E-state index contributed by atoms with van der Waals surface area (Å²) >= 11 is 12.1. The van der Waals surface area contributed by atoms with Gasteiger partial charge in [0.2, 0.25) is 5.91 Å². The SMILES string of the molecule is CC1CC(C(=O)O)CN(C(=O)Cc2cn3cc(Cl)cc(Cl)c3n2)C1. The van der Waals surface area contributed by atoms with Gasteiger partial charge < -0.3 is 14.4 Å². The first-order valence-corrected chi connectivity index (χ1v) is 8.42. The molecule has 3 heterocycles. The highest BCUT2D eigenvalue weighted by molar-refractivity contribution is 6.36. The quantitative estimate of drug-likeness (QED) is 0.902. The highest BCUT2D eigenvalue weighted by Gasteiger charge is 2.32. The number of pyridine rings is 1. The summed E-state index contributed by atoms with van der Waals surface area (Å²) in [6.07, 6.45) is 4.09. The minimum atomic E-state index is -0.853. The Bertz CT molecular complexity index is 805. The fourth-order valence-corrected chi connectivity index (χ4v) is 3.69. The number of halogens is 2. The van der Waals surface area contributed by atoms with Crippen LogP contribution in [0.5, 0.6) is 0 Å². The number of hydrogen-bond acceptors (Lipinski definition) is 3. The van der Waals surface area contributed by atoms with Gasteiger partial charge in [-0.3, -0.25) is 9.59 Å². The Morgan fingerprint density at radius 1 is 1.33 bits per heavy atom. The van der Waals surface area contributed by atoms with E-state index in [0.717, 1.165) is 0 Å². The van der Waals surface area contributed by atoms with Crippen LogP contribution in [0.1, 0.15) is 19.0 Å². The number of hydrogen-bond donors (Lipinski definition) is 1. The zero-order chi connectivity index (χ0) is 17.4. The molecular weight excluding hydrogens is 353 g/mol. The summed E-state index contributed by atoms with van der Waals surface area (Å²) in [5.74, 6) is -1.32. The highest BCUT2D eigenvalue weighted by atomic mass is 35.5. The molecule has 6 nitrogen and oxygen atoms in total. The molecule has 0 aromatic carbocycles. The van der Waals surface area contributed by atoms with E-state index < -0.39 is 11.9 Å². The number of nitrogens with zero attached hydrogens (tertiary/aromatic N) is 3. The Morgan fingerprint density at radius 3 is 2.79 bits per heavy atom. The molecule has 2 unspecified atom stereocenters. The second kappa shape index (κ2) is 6.61. The topological polar surface area (TPSA) is 74.9 Å². The zero-order valence-electron chi connectivity index (χ0n) is 13.1. The van der Waals surface area contributed by atoms with Gasteiger partial charge in [0.15, 0.2) is 5.65 Å². The molecule has 2 aromatic rings. The second-order valence-corrected chi connectivity index (χ2v) is 7.16. The molecular formula is C16H17Cl2N3O3. The van der Waals surface area contributed by atoms with Crippen LogP contribution in [-0.2, 0) is 16.0 Å². The van der Waals surface area contributed by atoms with Crippen LogP contribution in [0.15, 0.2) is 18.5 Å². The van der Waals surface area contributed by atoms with Gasteiger partial charge in [0.05, 0.1) is 28.1 Å². The molecule has 2 atom stereocenters. The number of piperidine rings is 1. The lowest BCUT2D eigenvalue weighted by atomic mass is 9.90. The van der Waals surface area contributed by atoms with E-state index in [0.29, 0.717) is 34.4 Å². The summed E-state index contributed by atoms with van der Waals surface area (Å²) in [4.78, 5) is 29.8. The standard InChI is InChI=1S/C16H17Cl2N3O3/c1-9-2-10(16(23)24)6-20(5-9)14(22)4-12-8-21-7-11(17)3-13(18)15(21)19-12/h3,7-10H,2,4-6H2,1H3,(H,23,24). The van der Waals surface area contributed by atoms with E-state index in [1.165, 1.54) is 0 Å². The fraction of sp³-hybridized carbons (Fsp3) is 0.438. The predicted octanol–water partition coefficient (Wildman–Crippen LogP) is 2.75. The third kappa shape index (κ3) is 3.49. The molecule has 0 bridgehead atoms. The van der Waals surface area contributed by atoms with Crippen LogP contribution in [0.3, 0.4) is 0 Å². The van der Waals surface area contributed by atoms with Crippen molar-refractivity contribution in [1.29, 1.82) is 0 Å². The average molecular weight is 370 g/mol. The number of carbonyl (C=O) groups is 2. The van der Waals surface area contributed by atoms with Gasteiger partial charge in [0, 0.05) is 25.5 Å². The van der Waals surface area contributed by atoms with Crippen LogP contribution < -0.4 is 0 Å². The summed E-state index contributed by atoms with van der Waals surface area (Å²) in [5.41, 5.74) is 1.12. The number of aliphatic carboxylic acids is 1. The van der Waals surface area contributed by atoms with Crippen molar-refractivity contribution < 1.29 is 14.7 Å². The molecule has 0 saturated carbocycles. The third-order valence-corrected chi connectivity index (χ3v) is 4.70. The Hall–Kier alpha value is -1.79. The minimum absolute atomic E-state index is 0.106. The largest absolute Gasteiger partial charge is 0.481 e. The van der Waals surface area contributed by atoms with Crippen molar-refractivity contribution in [3.8, 4) is 0 Å². The molecule has 8 heteroatoms. The van der Waals surface area contributed by atoms with E-state index in [4.69, 9.17) is 23.2 Å². The molecule has 1 saturated heterocycles. The number of fused-ring (bicyclic) bond motifs is 1. The van der Waals surface area contributed by atoms with Crippen molar-refractivity contribution in [3.63, 3.8) is 0 Å². The predicted molar refractivity (Wildman–Crippen MR) is 90.4 cm³/mol. The minimum Gasteiger partial charge on any atom is -0.481 e. The van der Waals surface area contributed by atoms with E-state index in [1.807, 2.05) is 6.92 Å². The van der Waals surface area contributed by atoms with Crippen molar-refractivity contribution in [2.45, 2.75) is 19.8 Å². The molecule has 0 aliphatic carbocycles. The lowest BCUT2D eigenvalue weighted by Crippen LogP contribution is -2.46. The lowest BCUT2D eigenvalue weighted by Gasteiger charge is -2.34. The molecule has 3 rings (SSSR count). The Kier molecular flexibility index (Phi) is 4.69. The number of amides is 1. The maximum atomic E-state index is 12.5. The van der Waals surface area contributed by atoms with Gasteiger partial charge in [-0.2, -0.15) is 0 Å². The molecule has 1 aliphatic heterocycles. The van der Waals surface area contributed by atoms with Gasteiger partial charge in [0.1, 0.15) is 0 Å². The van der Waals surface area contributed by atoms with Gasteiger partial charge in [-0.05, 0) is 18.4 Å². The Labute approximate surface area is 149 Å². The number of rotatable bonds is 3. The molecule has 1 amide bonds. The fourth-order valence-electron chi connectivity index (χ4n) is 3.16. The Morgan fingerprint density at radius 2 is 2.08 bits per heavy atom. The van der Waals surface area contributed by atoms with Crippen molar-refractivity contribution in [1.82, 2.24) is 14.3 Å².